The maximum atomic E-state index is 11.5. The van der Waals surface area contributed by atoms with Crippen molar-refractivity contribution in [1.82, 2.24) is 25.6 Å². The Morgan fingerprint density at radius 1 is 1.45 bits per heavy atom. The average molecular weight is 285 g/mol. The smallest absolute Gasteiger partial charge is 0.326 e. The highest BCUT2D eigenvalue weighted by Crippen LogP contribution is 1.95. The quantitative estimate of drug-likeness (QED) is 0.524. The molecule has 0 bridgehead atoms. The molecule has 20 heavy (non-hydrogen) atoms. The Kier molecular flexibility index (Phi) is 5.94. The highest BCUT2D eigenvalue weighted by molar-refractivity contribution is 5.86. The van der Waals surface area contributed by atoms with Gasteiger partial charge in [0.1, 0.15) is 6.04 Å². The largest absolute Gasteiger partial charge is 0.480 e. The molecule has 3 N–H and O–H groups in total. The summed E-state index contributed by atoms with van der Waals surface area (Å²) in [7, 11) is 1.14. The average Bonchev–Trinajstić information content (AvgIpc) is 2.90. The van der Waals surface area contributed by atoms with Gasteiger partial charge in [0.2, 0.25) is 0 Å². The molecule has 1 rings (SSSR count). The molecule has 1 heterocycles. The fourth-order valence-corrected chi connectivity index (χ4v) is 1.30. The zero-order valence-corrected chi connectivity index (χ0v) is 10.8. The van der Waals surface area contributed by atoms with Crippen LogP contribution in [0.15, 0.2) is 12.4 Å². The van der Waals surface area contributed by atoms with Gasteiger partial charge in [0.05, 0.1) is 26.3 Å². The molecule has 2 amide bonds. The molecule has 0 unspecified atom stereocenters. The molecule has 0 aromatic carbocycles. The van der Waals surface area contributed by atoms with Gasteiger partial charge >= 0.3 is 18.0 Å². The molecular weight excluding hydrogens is 270 g/mol. The molecule has 0 saturated heterocycles. The van der Waals surface area contributed by atoms with Crippen LogP contribution in [0, 0.1) is 0 Å². The SMILES string of the molecule is COC(=O)C[C@H](NC(=O)NCCn1ccnn1)C(=O)O. The summed E-state index contributed by atoms with van der Waals surface area (Å²) in [5.41, 5.74) is 0. The third-order valence-corrected chi connectivity index (χ3v) is 2.30. The number of hydrogen-bond donors (Lipinski definition) is 3. The van der Waals surface area contributed by atoms with E-state index in [2.05, 4.69) is 25.7 Å². The Morgan fingerprint density at radius 2 is 2.20 bits per heavy atom. The van der Waals surface area contributed by atoms with Gasteiger partial charge in [0, 0.05) is 12.7 Å². The van der Waals surface area contributed by atoms with E-state index in [9.17, 15) is 14.4 Å². The zero-order valence-electron chi connectivity index (χ0n) is 10.8. The van der Waals surface area contributed by atoms with Crippen molar-refractivity contribution < 1.29 is 24.2 Å². The van der Waals surface area contributed by atoms with Crippen molar-refractivity contribution >= 4 is 18.0 Å². The summed E-state index contributed by atoms with van der Waals surface area (Å²) in [5.74, 6) is -2.04. The molecular formula is C10H15N5O5. The van der Waals surface area contributed by atoms with Crippen molar-refractivity contribution in [2.45, 2.75) is 19.0 Å². The monoisotopic (exact) mass is 285 g/mol. The number of methoxy groups -OCH3 is 1. The lowest BCUT2D eigenvalue weighted by Crippen LogP contribution is -2.47. The van der Waals surface area contributed by atoms with Gasteiger partial charge in [-0.3, -0.25) is 9.48 Å². The first-order valence-electron chi connectivity index (χ1n) is 5.71. The van der Waals surface area contributed by atoms with E-state index in [1.165, 1.54) is 10.9 Å². The number of aliphatic carboxylic acids is 1. The van der Waals surface area contributed by atoms with Crippen molar-refractivity contribution in [3.8, 4) is 0 Å². The topological polar surface area (TPSA) is 135 Å². The second kappa shape index (κ2) is 7.71. The molecule has 0 fully saturated rings. The summed E-state index contributed by atoms with van der Waals surface area (Å²) in [6.45, 7) is 0.627. The highest BCUT2D eigenvalue weighted by atomic mass is 16.5. The number of nitrogens with one attached hydrogen (secondary N) is 2. The maximum Gasteiger partial charge on any atom is 0.326 e. The normalized spacial score (nSPS) is 11.4. The molecule has 0 radical (unpaired) electrons. The molecule has 0 spiro atoms. The van der Waals surface area contributed by atoms with E-state index in [-0.39, 0.29) is 6.54 Å². The lowest BCUT2D eigenvalue weighted by molar-refractivity contribution is -0.147. The fraction of sp³-hybridized carbons (Fsp3) is 0.500. The highest BCUT2D eigenvalue weighted by Gasteiger charge is 2.23. The van der Waals surface area contributed by atoms with Crippen molar-refractivity contribution in [2.75, 3.05) is 13.7 Å². The molecule has 1 aromatic heterocycles. The van der Waals surface area contributed by atoms with E-state index in [4.69, 9.17) is 5.11 Å². The zero-order chi connectivity index (χ0) is 15.0. The third-order valence-electron chi connectivity index (χ3n) is 2.30. The number of carboxylic acids is 1. The van der Waals surface area contributed by atoms with E-state index >= 15 is 0 Å². The number of aromatic nitrogens is 3. The van der Waals surface area contributed by atoms with Gasteiger partial charge in [-0.05, 0) is 0 Å². The molecule has 1 atom stereocenters. The molecule has 0 aliphatic heterocycles. The van der Waals surface area contributed by atoms with Gasteiger partial charge in [0.25, 0.3) is 0 Å². The number of amides is 2. The Morgan fingerprint density at radius 3 is 2.75 bits per heavy atom. The van der Waals surface area contributed by atoms with Crippen LogP contribution in [0.2, 0.25) is 0 Å². The lowest BCUT2D eigenvalue weighted by atomic mass is 10.2. The summed E-state index contributed by atoms with van der Waals surface area (Å²) in [6, 6.07) is -2.03. The van der Waals surface area contributed by atoms with Crippen LogP contribution in [0.1, 0.15) is 6.42 Å². The molecule has 10 heteroatoms. The summed E-state index contributed by atoms with van der Waals surface area (Å²) in [4.78, 5) is 33.3. The van der Waals surface area contributed by atoms with Gasteiger partial charge in [-0.25, -0.2) is 9.59 Å². The summed E-state index contributed by atoms with van der Waals surface area (Å²) in [5, 5.41) is 20.8. The van der Waals surface area contributed by atoms with Crippen LogP contribution in [-0.2, 0) is 20.9 Å². The minimum Gasteiger partial charge on any atom is -0.480 e. The van der Waals surface area contributed by atoms with Crippen LogP contribution in [0.5, 0.6) is 0 Å². The Balaban J connectivity index is 2.34. The van der Waals surface area contributed by atoms with E-state index in [1.807, 2.05) is 0 Å². The summed E-state index contributed by atoms with van der Waals surface area (Å²) < 4.78 is 5.85. The van der Waals surface area contributed by atoms with Gasteiger partial charge < -0.3 is 20.5 Å². The van der Waals surface area contributed by atoms with Gasteiger partial charge in [-0.2, -0.15) is 0 Å². The van der Waals surface area contributed by atoms with Gasteiger partial charge in [-0.1, -0.05) is 5.21 Å². The number of carbonyl (C=O) groups excluding carboxylic acids is 2. The first-order valence-corrected chi connectivity index (χ1v) is 5.71. The van der Waals surface area contributed by atoms with Crippen LogP contribution in [0.25, 0.3) is 0 Å². The summed E-state index contributed by atoms with van der Waals surface area (Å²) in [6.07, 6.45) is 2.68. The lowest BCUT2D eigenvalue weighted by Gasteiger charge is -2.14. The number of rotatable bonds is 7. The second-order valence-electron chi connectivity index (χ2n) is 3.74. The molecule has 110 valence electrons. The van der Waals surface area contributed by atoms with Crippen LogP contribution >= 0.6 is 0 Å². The molecule has 10 nitrogen and oxygen atoms in total. The predicted molar refractivity (Wildman–Crippen MR) is 64.6 cm³/mol. The van der Waals surface area contributed by atoms with Crippen molar-refractivity contribution in [1.29, 1.82) is 0 Å². The Labute approximate surface area is 114 Å². The van der Waals surface area contributed by atoms with Crippen LogP contribution in [-0.4, -0.2) is 57.8 Å². The van der Waals surface area contributed by atoms with E-state index in [0.717, 1.165) is 7.11 Å². The number of esters is 1. The fourth-order valence-electron chi connectivity index (χ4n) is 1.30. The minimum atomic E-state index is -1.34. The van der Waals surface area contributed by atoms with E-state index in [1.54, 1.807) is 6.20 Å². The molecule has 0 saturated carbocycles. The first-order chi connectivity index (χ1) is 9.52. The van der Waals surface area contributed by atoms with Crippen molar-refractivity contribution in [3.63, 3.8) is 0 Å². The number of carboxylic acid groups (broad SMARTS) is 1. The van der Waals surface area contributed by atoms with E-state index in [0.29, 0.717) is 6.54 Å². The number of nitrogens with zero attached hydrogens (tertiary/aromatic N) is 3. The summed E-state index contributed by atoms with van der Waals surface area (Å²) >= 11 is 0. The Bertz CT molecular complexity index is 461. The minimum absolute atomic E-state index is 0.236. The number of hydrogen-bond acceptors (Lipinski definition) is 6. The molecule has 0 aliphatic carbocycles. The maximum absolute atomic E-state index is 11.5. The third kappa shape index (κ3) is 5.33. The molecule has 0 aliphatic rings. The first kappa shape index (κ1) is 15.4. The van der Waals surface area contributed by atoms with Gasteiger partial charge in [0.15, 0.2) is 0 Å². The number of carbonyl (C=O) groups is 3. The number of ether oxygens (including phenoxy) is 1. The van der Waals surface area contributed by atoms with Crippen molar-refractivity contribution in [2.24, 2.45) is 0 Å². The van der Waals surface area contributed by atoms with Gasteiger partial charge in [-0.15, -0.1) is 5.10 Å². The second-order valence-corrected chi connectivity index (χ2v) is 3.74. The predicted octanol–water partition coefficient (Wildman–Crippen LogP) is -1.41. The molecule has 1 aromatic rings. The van der Waals surface area contributed by atoms with Crippen LogP contribution in [0.4, 0.5) is 4.79 Å². The van der Waals surface area contributed by atoms with E-state index < -0.39 is 30.4 Å². The Hall–Kier alpha value is -2.65. The number of urea groups is 1. The van der Waals surface area contributed by atoms with Crippen LogP contribution < -0.4 is 10.6 Å². The van der Waals surface area contributed by atoms with Crippen LogP contribution in [0.3, 0.4) is 0 Å². The van der Waals surface area contributed by atoms with Crippen molar-refractivity contribution in [3.05, 3.63) is 12.4 Å². The standard InChI is InChI=1S/C10H15N5O5/c1-20-8(16)6-7(9(17)18)13-10(19)11-2-4-15-5-3-12-14-15/h3,5,7H,2,4,6H2,1H3,(H,17,18)(H2,11,13,19)/t7-/m0/s1.